The molecule has 0 radical (unpaired) electrons. The van der Waals surface area contributed by atoms with Crippen LogP contribution in [0.3, 0.4) is 0 Å². The second-order valence-corrected chi connectivity index (χ2v) is 6.43. The van der Waals surface area contributed by atoms with Crippen molar-refractivity contribution >= 4 is 5.91 Å². The molecular weight excluding hydrogens is 342 g/mol. The number of hydrogen-bond acceptors (Lipinski definition) is 4. The number of benzene rings is 2. The van der Waals surface area contributed by atoms with Gasteiger partial charge in [0.1, 0.15) is 5.75 Å². The third-order valence-electron chi connectivity index (χ3n) is 4.16. The summed E-state index contributed by atoms with van der Waals surface area (Å²) < 4.78 is 16.8. The second-order valence-electron chi connectivity index (χ2n) is 6.43. The quantitative estimate of drug-likeness (QED) is 0.680. The lowest BCUT2D eigenvalue weighted by Crippen LogP contribution is -2.24. The number of nitrogens with one attached hydrogen (secondary N) is 1. The number of ether oxygens (including phenoxy) is 3. The molecule has 0 fully saturated rings. The molecule has 0 spiro atoms. The van der Waals surface area contributed by atoms with Gasteiger partial charge in [0, 0.05) is 6.54 Å². The largest absolute Gasteiger partial charge is 0.493 e. The van der Waals surface area contributed by atoms with Crippen LogP contribution < -0.4 is 19.5 Å². The predicted molar refractivity (Wildman–Crippen MR) is 107 cm³/mol. The standard InChI is InChI=1S/C22H29NO4/c1-5-12-26-19-10-9-18(14-20(19)25-4)15-23-21(24)11-13-27-22-16(2)7-6-8-17(22)3/h6-10,14H,5,11-13,15H2,1-4H3,(H,23,24). The maximum absolute atomic E-state index is 12.1. The molecule has 0 atom stereocenters. The van der Waals surface area contributed by atoms with E-state index in [1.807, 2.05) is 50.2 Å². The van der Waals surface area contributed by atoms with Crippen molar-refractivity contribution in [2.45, 2.75) is 40.2 Å². The molecule has 0 aliphatic carbocycles. The summed E-state index contributed by atoms with van der Waals surface area (Å²) in [5.74, 6) is 2.20. The molecule has 0 aromatic heterocycles. The molecule has 0 aliphatic heterocycles. The van der Waals surface area contributed by atoms with E-state index in [1.165, 1.54) is 0 Å². The van der Waals surface area contributed by atoms with Gasteiger partial charge in [0.25, 0.3) is 0 Å². The highest BCUT2D eigenvalue weighted by atomic mass is 16.5. The summed E-state index contributed by atoms with van der Waals surface area (Å²) in [7, 11) is 1.61. The Balaban J connectivity index is 1.81. The number of aryl methyl sites for hydroxylation is 2. The molecule has 0 heterocycles. The molecule has 5 heteroatoms. The van der Waals surface area contributed by atoms with E-state index < -0.39 is 0 Å². The predicted octanol–water partition coefficient (Wildman–Crippen LogP) is 4.19. The average Bonchev–Trinajstić information content (AvgIpc) is 2.67. The zero-order valence-electron chi connectivity index (χ0n) is 16.6. The normalized spacial score (nSPS) is 10.4. The second kappa shape index (κ2) is 10.5. The molecule has 0 unspecified atom stereocenters. The van der Waals surface area contributed by atoms with Gasteiger partial charge < -0.3 is 19.5 Å². The zero-order chi connectivity index (χ0) is 19.6. The van der Waals surface area contributed by atoms with Gasteiger partial charge >= 0.3 is 0 Å². The van der Waals surface area contributed by atoms with Gasteiger partial charge in [-0.1, -0.05) is 31.2 Å². The van der Waals surface area contributed by atoms with Crippen LogP contribution in [-0.4, -0.2) is 26.2 Å². The molecule has 2 aromatic rings. The van der Waals surface area contributed by atoms with Crippen LogP contribution in [0.1, 0.15) is 36.5 Å². The lowest BCUT2D eigenvalue weighted by Gasteiger charge is -2.13. The third-order valence-corrected chi connectivity index (χ3v) is 4.16. The molecule has 2 aromatic carbocycles. The van der Waals surface area contributed by atoms with Crippen molar-refractivity contribution in [1.82, 2.24) is 5.32 Å². The first-order valence-electron chi connectivity index (χ1n) is 9.30. The molecule has 5 nitrogen and oxygen atoms in total. The van der Waals surface area contributed by atoms with Crippen LogP contribution in [0.2, 0.25) is 0 Å². The van der Waals surface area contributed by atoms with E-state index in [4.69, 9.17) is 14.2 Å². The van der Waals surface area contributed by atoms with Gasteiger partial charge in [0.15, 0.2) is 11.5 Å². The van der Waals surface area contributed by atoms with Crippen LogP contribution in [0, 0.1) is 13.8 Å². The number of para-hydroxylation sites is 1. The third kappa shape index (κ3) is 6.20. The molecule has 0 saturated heterocycles. The fraction of sp³-hybridized carbons (Fsp3) is 0.409. The Bertz CT molecular complexity index is 738. The van der Waals surface area contributed by atoms with Crippen molar-refractivity contribution in [3.8, 4) is 17.2 Å². The molecule has 1 amide bonds. The van der Waals surface area contributed by atoms with Crippen molar-refractivity contribution in [3.05, 3.63) is 53.1 Å². The summed E-state index contributed by atoms with van der Waals surface area (Å²) in [5, 5.41) is 2.91. The van der Waals surface area contributed by atoms with E-state index in [0.717, 1.165) is 34.6 Å². The van der Waals surface area contributed by atoms with Gasteiger partial charge in [-0.15, -0.1) is 0 Å². The molecule has 1 N–H and O–H groups in total. The van der Waals surface area contributed by atoms with E-state index in [1.54, 1.807) is 7.11 Å². The molecule has 27 heavy (non-hydrogen) atoms. The van der Waals surface area contributed by atoms with Gasteiger partial charge in [-0.05, 0) is 49.1 Å². The number of amides is 1. The number of hydrogen-bond donors (Lipinski definition) is 1. The fourth-order valence-corrected chi connectivity index (χ4v) is 2.71. The highest BCUT2D eigenvalue weighted by Gasteiger charge is 2.08. The van der Waals surface area contributed by atoms with Crippen LogP contribution in [-0.2, 0) is 11.3 Å². The van der Waals surface area contributed by atoms with Gasteiger partial charge in [-0.3, -0.25) is 4.79 Å². The Morgan fingerprint density at radius 2 is 1.74 bits per heavy atom. The van der Waals surface area contributed by atoms with E-state index >= 15 is 0 Å². The Morgan fingerprint density at radius 3 is 2.41 bits per heavy atom. The van der Waals surface area contributed by atoms with Gasteiger partial charge in [-0.25, -0.2) is 0 Å². The Morgan fingerprint density at radius 1 is 1.00 bits per heavy atom. The van der Waals surface area contributed by atoms with E-state index in [9.17, 15) is 4.79 Å². The summed E-state index contributed by atoms with van der Waals surface area (Å²) in [6.07, 6.45) is 1.24. The minimum absolute atomic E-state index is 0.0495. The van der Waals surface area contributed by atoms with Crippen LogP contribution in [0.5, 0.6) is 17.2 Å². The van der Waals surface area contributed by atoms with Gasteiger partial charge in [0.05, 0.1) is 26.7 Å². The SMILES string of the molecule is CCCOc1ccc(CNC(=O)CCOc2c(C)cccc2C)cc1OC. The molecular formula is C22H29NO4. The maximum atomic E-state index is 12.1. The summed E-state index contributed by atoms with van der Waals surface area (Å²) in [6.45, 7) is 7.50. The summed E-state index contributed by atoms with van der Waals surface area (Å²) in [6, 6.07) is 11.7. The molecule has 0 saturated carbocycles. The highest BCUT2D eigenvalue weighted by molar-refractivity contribution is 5.76. The lowest BCUT2D eigenvalue weighted by molar-refractivity contribution is -0.121. The summed E-state index contributed by atoms with van der Waals surface area (Å²) in [4.78, 5) is 12.1. The number of carbonyl (C=O) groups excluding carboxylic acids is 1. The molecule has 2 rings (SSSR count). The van der Waals surface area contributed by atoms with Crippen molar-refractivity contribution in [3.63, 3.8) is 0 Å². The summed E-state index contributed by atoms with van der Waals surface area (Å²) >= 11 is 0. The molecule has 146 valence electrons. The topological polar surface area (TPSA) is 56.8 Å². The molecule has 0 bridgehead atoms. The lowest BCUT2D eigenvalue weighted by atomic mass is 10.1. The monoisotopic (exact) mass is 371 g/mol. The van der Waals surface area contributed by atoms with Crippen LogP contribution in [0.4, 0.5) is 0 Å². The van der Waals surface area contributed by atoms with E-state index in [2.05, 4.69) is 12.2 Å². The van der Waals surface area contributed by atoms with Gasteiger partial charge in [0.2, 0.25) is 5.91 Å². The van der Waals surface area contributed by atoms with Crippen LogP contribution >= 0.6 is 0 Å². The first kappa shape index (κ1) is 20.6. The number of methoxy groups -OCH3 is 1. The number of carbonyl (C=O) groups is 1. The molecule has 0 aliphatic rings. The highest BCUT2D eigenvalue weighted by Crippen LogP contribution is 2.28. The van der Waals surface area contributed by atoms with E-state index in [-0.39, 0.29) is 5.91 Å². The Hall–Kier alpha value is -2.69. The minimum Gasteiger partial charge on any atom is -0.493 e. The van der Waals surface area contributed by atoms with Crippen molar-refractivity contribution in [2.24, 2.45) is 0 Å². The Kier molecular flexibility index (Phi) is 7.99. The van der Waals surface area contributed by atoms with Crippen LogP contribution in [0.25, 0.3) is 0 Å². The zero-order valence-corrected chi connectivity index (χ0v) is 16.6. The van der Waals surface area contributed by atoms with Crippen molar-refractivity contribution in [2.75, 3.05) is 20.3 Å². The number of rotatable bonds is 10. The fourth-order valence-electron chi connectivity index (χ4n) is 2.71. The van der Waals surface area contributed by atoms with Crippen molar-refractivity contribution < 1.29 is 19.0 Å². The first-order chi connectivity index (χ1) is 13.0. The Labute approximate surface area is 161 Å². The van der Waals surface area contributed by atoms with Crippen LogP contribution in [0.15, 0.2) is 36.4 Å². The van der Waals surface area contributed by atoms with E-state index in [0.29, 0.717) is 31.9 Å². The van der Waals surface area contributed by atoms with Crippen molar-refractivity contribution in [1.29, 1.82) is 0 Å². The minimum atomic E-state index is -0.0495. The average molecular weight is 371 g/mol. The maximum Gasteiger partial charge on any atom is 0.223 e. The van der Waals surface area contributed by atoms with Gasteiger partial charge in [-0.2, -0.15) is 0 Å². The summed E-state index contributed by atoms with van der Waals surface area (Å²) in [5.41, 5.74) is 3.11. The smallest absolute Gasteiger partial charge is 0.223 e. The first-order valence-corrected chi connectivity index (χ1v) is 9.30.